The monoisotopic (exact) mass is 860 g/mol. The summed E-state index contributed by atoms with van der Waals surface area (Å²) >= 11 is 0. The van der Waals surface area contributed by atoms with E-state index in [1.165, 1.54) is 0 Å². The van der Waals surface area contributed by atoms with Crippen molar-refractivity contribution < 1.29 is 27.0 Å². The lowest BCUT2D eigenvalue weighted by molar-refractivity contribution is 0.466. The maximum Gasteiger partial charge on any atom is 0.149 e. The van der Waals surface area contributed by atoms with Crippen LogP contribution in [0, 0.1) is 0 Å². The van der Waals surface area contributed by atoms with Crippen LogP contribution < -0.4 is 0 Å². The highest BCUT2D eigenvalue weighted by atomic mass is 16.3. The summed E-state index contributed by atoms with van der Waals surface area (Å²) in [5.74, 6) is 0.661. The van der Waals surface area contributed by atoms with Crippen LogP contribution >= 0.6 is 0 Å². The Morgan fingerprint density at radius 3 is 1.97 bits per heavy atom. The van der Waals surface area contributed by atoms with E-state index in [1.807, 2.05) is 89.2 Å². The number of nitrogens with zero attached hydrogens (tertiary/aromatic N) is 3. The second-order valence-electron chi connectivity index (χ2n) is 19.4. The van der Waals surface area contributed by atoms with Gasteiger partial charge in [-0.25, -0.2) is 4.98 Å². The lowest BCUT2D eigenvalue weighted by atomic mass is 9.83. The molecule has 0 saturated carbocycles. The van der Waals surface area contributed by atoms with Crippen molar-refractivity contribution in [2.24, 2.45) is 0 Å². The van der Waals surface area contributed by atoms with Crippen LogP contribution in [0.3, 0.4) is 0 Å². The van der Waals surface area contributed by atoms with E-state index in [-0.39, 0.29) is 28.8 Å². The highest BCUT2D eigenvalue weighted by Gasteiger charge is 2.28. The van der Waals surface area contributed by atoms with Crippen LogP contribution in [0.5, 0.6) is 5.75 Å². The van der Waals surface area contributed by atoms with Crippen molar-refractivity contribution in [1.29, 1.82) is 0 Å². The highest BCUT2D eigenvalue weighted by Crippen LogP contribution is 2.45. The zero-order chi connectivity index (χ0) is 59.5. The molecule has 2 heterocycles. The van der Waals surface area contributed by atoms with Crippen LogP contribution in [0.25, 0.3) is 72.7 Å². The number of hydrogen-bond acceptors (Lipinski definition) is 3. The van der Waals surface area contributed by atoms with E-state index in [4.69, 9.17) is 22.8 Å². The number of fused-ring (bicyclic) bond motifs is 1. The van der Waals surface area contributed by atoms with Gasteiger partial charge < -0.3 is 5.11 Å². The summed E-state index contributed by atoms with van der Waals surface area (Å²) in [6, 6.07) is 25.6. The molecule has 0 atom stereocenters. The first-order chi connectivity index (χ1) is 36.9. The van der Waals surface area contributed by atoms with Gasteiger partial charge in [0, 0.05) is 29.6 Å². The number of para-hydroxylation sites is 1. The number of aromatic hydroxyl groups is 1. The fourth-order valence-corrected chi connectivity index (χ4v) is 8.08. The molecule has 0 aliphatic carbocycles. The van der Waals surface area contributed by atoms with Gasteiger partial charge in [0.15, 0.2) is 0 Å². The molecule has 4 nitrogen and oxygen atoms in total. The van der Waals surface area contributed by atoms with Crippen molar-refractivity contribution in [3.63, 3.8) is 0 Å². The topological polar surface area (TPSA) is 50.9 Å². The molecule has 1 N–H and O–H groups in total. The van der Waals surface area contributed by atoms with Crippen LogP contribution in [-0.4, -0.2) is 19.6 Å². The maximum atomic E-state index is 12.4. The summed E-state index contributed by atoms with van der Waals surface area (Å²) in [6.45, 7) is 8.94. The third-order valence-electron chi connectivity index (χ3n) is 11.8. The Kier molecular flexibility index (Phi) is 7.44. The molecule has 0 aliphatic rings. The normalized spacial score (nSPS) is 16.7. The number of phenols is 1. The van der Waals surface area contributed by atoms with Gasteiger partial charge in [-0.1, -0.05) is 175 Å². The van der Waals surface area contributed by atoms with Gasteiger partial charge in [-0.2, -0.15) is 0 Å². The van der Waals surface area contributed by atoms with Gasteiger partial charge in [-0.15, -0.1) is 0 Å². The molecule has 0 bridgehead atoms. The molecule has 8 rings (SSSR count). The lowest BCUT2D eigenvalue weighted by Crippen LogP contribution is -2.16. The van der Waals surface area contributed by atoms with Gasteiger partial charge in [-0.05, 0) is 132 Å². The number of rotatable bonds is 8. The molecule has 0 spiro atoms. The van der Waals surface area contributed by atoms with Gasteiger partial charge in [0.05, 0.1) is 37.6 Å². The largest absolute Gasteiger partial charge is 0.507 e. The number of hydrogen-bond donors (Lipinski definition) is 1. The maximum absolute atomic E-state index is 12.4. The van der Waals surface area contributed by atoms with E-state index in [1.54, 1.807) is 12.1 Å². The summed E-state index contributed by atoms with van der Waals surface area (Å²) in [6.07, 6.45) is -0.723. The molecule has 0 saturated heterocycles. The van der Waals surface area contributed by atoms with Crippen molar-refractivity contribution in [3.8, 4) is 67.5 Å². The van der Waals surface area contributed by atoms with E-state index in [0.717, 1.165) is 39.1 Å². The van der Waals surface area contributed by atoms with Crippen LogP contribution in [-0.2, 0) is 16.2 Å². The predicted molar refractivity (Wildman–Crippen MR) is 272 cm³/mol. The number of benzene rings is 6. The lowest BCUT2D eigenvalue weighted by Gasteiger charge is -2.26. The Morgan fingerprint density at radius 2 is 1.31 bits per heavy atom. The smallest absolute Gasteiger partial charge is 0.149 e. The Balaban J connectivity index is 1.45. The third-order valence-corrected chi connectivity index (χ3v) is 11.8. The zero-order valence-electron chi connectivity index (χ0n) is 54.2. The quantitative estimate of drug-likeness (QED) is 0.166. The summed E-state index contributed by atoms with van der Waals surface area (Å²) in [5, 5.41) is 12.4. The van der Waals surface area contributed by atoms with Gasteiger partial charge in [0.2, 0.25) is 0 Å². The average Bonchev–Trinajstić information content (AvgIpc) is 3.74. The zero-order valence-corrected chi connectivity index (χ0v) is 38.2. The van der Waals surface area contributed by atoms with Crippen molar-refractivity contribution in [2.75, 3.05) is 0 Å². The molecule has 64 heavy (non-hydrogen) atoms. The van der Waals surface area contributed by atoms with Crippen molar-refractivity contribution in [2.45, 2.75) is 118 Å². The van der Waals surface area contributed by atoms with Crippen molar-refractivity contribution in [1.82, 2.24) is 14.5 Å². The molecular formula is C60H65N3O. The molecule has 0 amide bonds. The van der Waals surface area contributed by atoms with Gasteiger partial charge >= 0.3 is 0 Å². The average molecular weight is 860 g/mol. The first kappa shape index (κ1) is 28.5. The first-order valence-corrected chi connectivity index (χ1v) is 21.7. The van der Waals surface area contributed by atoms with E-state index in [9.17, 15) is 9.22 Å². The fourth-order valence-electron chi connectivity index (χ4n) is 8.08. The minimum Gasteiger partial charge on any atom is -0.507 e. The first-order valence-electron chi connectivity index (χ1n) is 29.7. The minimum absolute atomic E-state index is 0.0364. The van der Waals surface area contributed by atoms with Gasteiger partial charge in [0.25, 0.3) is 0 Å². The second kappa shape index (κ2) is 16.7. The number of pyridine rings is 1. The Labute approximate surface area is 404 Å². The van der Waals surface area contributed by atoms with Crippen LogP contribution in [0.15, 0.2) is 139 Å². The Morgan fingerprint density at radius 1 is 0.594 bits per heavy atom. The van der Waals surface area contributed by atoms with Crippen molar-refractivity contribution >= 4 is 11.0 Å². The fraction of sp³-hybridized carbons (Fsp3) is 0.300. The van der Waals surface area contributed by atoms with E-state index in [0.29, 0.717) is 33.5 Å². The van der Waals surface area contributed by atoms with Gasteiger partial charge in [0.1, 0.15) is 11.6 Å². The van der Waals surface area contributed by atoms with Crippen LogP contribution in [0.1, 0.15) is 151 Å². The van der Waals surface area contributed by atoms with E-state index in [2.05, 4.69) is 74.5 Å². The number of phenolic OH excluding ortho intramolecular Hbond substituents is 1. The van der Waals surface area contributed by atoms with E-state index >= 15 is 0 Å². The molecule has 0 radical (unpaired) electrons. The second-order valence-corrected chi connectivity index (χ2v) is 19.4. The molecule has 6 aromatic carbocycles. The number of aromatic nitrogens is 3. The van der Waals surface area contributed by atoms with Crippen molar-refractivity contribution in [3.05, 3.63) is 167 Å². The molecule has 326 valence electrons. The minimum atomic E-state index is -3.92. The Bertz CT molecular complexity index is 3680. The summed E-state index contributed by atoms with van der Waals surface area (Å²) in [5.41, 5.74) is 1.95. The summed E-state index contributed by atoms with van der Waals surface area (Å²) in [4.78, 5) is 9.94. The summed E-state index contributed by atoms with van der Waals surface area (Å²) in [7, 11) is 0. The molecular weight excluding hydrogens is 779 g/mol. The molecule has 0 unspecified atom stereocenters. The molecule has 4 heteroatoms. The predicted octanol–water partition coefficient (Wildman–Crippen LogP) is 16.6. The molecule has 8 aromatic rings. The Hall–Kier alpha value is -6.26. The van der Waals surface area contributed by atoms with Gasteiger partial charge in [-0.3, -0.25) is 9.55 Å². The highest BCUT2D eigenvalue weighted by molar-refractivity contribution is 5.97. The third kappa shape index (κ3) is 8.68. The van der Waals surface area contributed by atoms with Crippen LogP contribution in [0.4, 0.5) is 0 Å². The standard InChI is InChI=1S/C60H65N3O/c1-37(2)43-33-49(38(3)4)56(64)50(34-43)57-62-55-48(20-17-21-54(55)63(57)53-27-24-41(35-51(53)60(11,12)13)39-18-15-14-16-19-39)44-30-45(32-47(31-44)59(8,9)10)52-36-42(28-29-61-52)40-22-25-46(26-23-40)58(5,6)7/h14-38,64H,1-13H3/i5D3,6D3,7D3,22D,23D,25D,26D,28D,29D,36D. The molecule has 0 fully saturated rings. The number of imidazole rings is 1. The SMILES string of the molecule is [2H]c1nc(-c2cc(-c3cccc4c3nc(-c3cc(C(C)C)cc(C(C)C)c3O)n4-c3ccc(-c4ccccc4)cc3C(C)(C)C)cc(C(C)(C)C)c2)c([2H])c(-c2c([2H])c([2H])c(C(C([2H])([2H])[2H])(C([2H])([2H])[2H])C([2H])([2H])[2H])c([2H])c2[2H])c1[2H]. The van der Waals surface area contributed by atoms with Crippen LogP contribution in [0.2, 0.25) is 0 Å². The molecule has 0 aliphatic heterocycles. The molecule has 2 aromatic heterocycles. The summed E-state index contributed by atoms with van der Waals surface area (Å²) < 4.78 is 141. The van der Waals surface area contributed by atoms with E-state index < -0.39 is 95.9 Å².